The molecule has 21 heavy (non-hydrogen) atoms. The van der Waals surface area contributed by atoms with Gasteiger partial charge in [0.2, 0.25) is 5.76 Å². The molecule has 3 rings (SSSR count). The van der Waals surface area contributed by atoms with Crippen LogP contribution < -0.4 is 9.47 Å². The van der Waals surface area contributed by atoms with Crippen LogP contribution in [-0.2, 0) is 9.53 Å². The smallest absolute Gasteiger partial charge is 0.377 e. The molecule has 108 valence electrons. The number of carbonyl (C=O) groups excluding carboxylic acids is 1. The average molecular weight is 284 g/mol. The first kappa shape index (κ1) is 13.5. The molecule has 0 fully saturated rings. The summed E-state index contributed by atoms with van der Waals surface area (Å²) in [5, 5.41) is 0. The van der Waals surface area contributed by atoms with Crippen LogP contribution in [0.1, 0.15) is 25.3 Å². The predicted octanol–water partition coefficient (Wildman–Crippen LogP) is 3.60. The van der Waals surface area contributed by atoms with E-state index in [4.69, 9.17) is 14.2 Å². The van der Waals surface area contributed by atoms with Gasteiger partial charge in [0.15, 0.2) is 11.5 Å². The zero-order chi connectivity index (χ0) is 14.7. The number of rotatable bonds is 3. The molecule has 1 aromatic carbocycles. The maximum atomic E-state index is 11.7. The third-order valence-electron chi connectivity index (χ3n) is 3.32. The summed E-state index contributed by atoms with van der Waals surface area (Å²) in [6.07, 6.45) is 9.60. The van der Waals surface area contributed by atoms with Crippen molar-refractivity contribution in [3.05, 3.63) is 54.0 Å². The number of esters is 1. The van der Waals surface area contributed by atoms with Gasteiger partial charge in [-0.2, -0.15) is 0 Å². The van der Waals surface area contributed by atoms with Crippen molar-refractivity contribution in [2.75, 3.05) is 6.61 Å². The minimum Gasteiger partial charge on any atom is -0.460 e. The Bertz CT molecular complexity index is 653. The Hall–Kier alpha value is -2.49. The number of allylic oxidation sites excluding steroid dienone is 4. The van der Waals surface area contributed by atoms with Crippen molar-refractivity contribution in [1.29, 1.82) is 0 Å². The van der Waals surface area contributed by atoms with Gasteiger partial charge in [-0.3, -0.25) is 0 Å². The second-order valence-corrected chi connectivity index (χ2v) is 4.74. The minimum absolute atomic E-state index is 0.0685. The van der Waals surface area contributed by atoms with Gasteiger partial charge in [-0.1, -0.05) is 24.3 Å². The summed E-state index contributed by atoms with van der Waals surface area (Å²) >= 11 is 0. The first-order valence-electron chi connectivity index (χ1n) is 7.00. The first-order valence-corrected chi connectivity index (χ1v) is 7.00. The highest BCUT2D eigenvalue weighted by Crippen LogP contribution is 2.36. The number of carbonyl (C=O) groups is 1. The molecular formula is C17H16O4. The Balaban J connectivity index is 1.84. The topological polar surface area (TPSA) is 44.8 Å². The van der Waals surface area contributed by atoms with E-state index in [1.54, 1.807) is 6.92 Å². The number of hydrogen-bond donors (Lipinski definition) is 0. The van der Waals surface area contributed by atoms with E-state index in [9.17, 15) is 4.79 Å². The summed E-state index contributed by atoms with van der Waals surface area (Å²) in [5.41, 5.74) is 2.32. The maximum Gasteiger partial charge on any atom is 0.377 e. The number of fused-ring (bicyclic) bond motifs is 1. The summed E-state index contributed by atoms with van der Waals surface area (Å²) in [5.74, 6) is 0.680. The molecule has 1 heterocycles. The molecule has 0 N–H and O–H groups in total. The van der Waals surface area contributed by atoms with Crippen LogP contribution in [-0.4, -0.2) is 12.6 Å². The van der Waals surface area contributed by atoms with Gasteiger partial charge in [-0.15, -0.1) is 0 Å². The maximum absolute atomic E-state index is 11.7. The van der Waals surface area contributed by atoms with E-state index in [1.807, 2.05) is 18.2 Å². The largest absolute Gasteiger partial charge is 0.460 e. The molecule has 0 atom stereocenters. The quantitative estimate of drug-likeness (QED) is 0.796. The van der Waals surface area contributed by atoms with E-state index in [1.165, 1.54) is 11.8 Å². The Morgan fingerprint density at radius 1 is 1.33 bits per heavy atom. The lowest BCUT2D eigenvalue weighted by Crippen LogP contribution is -2.16. The van der Waals surface area contributed by atoms with Crippen LogP contribution in [0.3, 0.4) is 0 Å². The highest BCUT2D eigenvalue weighted by atomic mass is 16.6. The van der Waals surface area contributed by atoms with Crippen LogP contribution in [0.2, 0.25) is 0 Å². The lowest BCUT2D eigenvalue weighted by atomic mass is 9.97. The second-order valence-electron chi connectivity index (χ2n) is 4.74. The molecular weight excluding hydrogens is 268 g/mol. The highest BCUT2D eigenvalue weighted by Gasteiger charge is 2.22. The predicted molar refractivity (Wildman–Crippen MR) is 78.8 cm³/mol. The van der Waals surface area contributed by atoms with E-state index in [2.05, 4.69) is 18.2 Å². The van der Waals surface area contributed by atoms with Crippen LogP contribution >= 0.6 is 0 Å². The van der Waals surface area contributed by atoms with Crippen LogP contribution in [0.25, 0.3) is 5.57 Å². The Labute approximate surface area is 123 Å². The summed E-state index contributed by atoms with van der Waals surface area (Å²) < 4.78 is 15.9. The first-order chi connectivity index (χ1) is 10.3. The van der Waals surface area contributed by atoms with Gasteiger partial charge < -0.3 is 14.2 Å². The fraction of sp³-hybridized carbons (Fsp3) is 0.235. The fourth-order valence-corrected chi connectivity index (χ4v) is 2.28. The molecule has 2 aliphatic rings. The number of benzene rings is 1. The van der Waals surface area contributed by atoms with Crippen LogP contribution in [0.5, 0.6) is 11.5 Å². The summed E-state index contributed by atoms with van der Waals surface area (Å²) in [6, 6.07) is 5.74. The molecule has 0 amide bonds. The highest BCUT2D eigenvalue weighted by molar-refractivity contribution is 5.87. The molecule has 4 heteroatoms. The summed E-state index contributed by atoms with van der Waals surface area (Å²) in [6.45, 7) is 2.04. The third kappa shape index (κ3) is 2.84. The molecule has 0 unspecified atom stereocenters. The van der Waals surface area contributed by atoms with E-state index in [0.717, 1.165) is 18.4 Å². The summed E-state index contributed by atoms with van der Waals surface area (Å²) in [7, 11) is 0. The van der Waals surface area contributed by atoms with Crippen molar-refractivity contribution < 1.29 is 19.0 Å². The van der Waals surface area contributed by atoms with Gasteiger partial charge in [0.1, 0.15) is 6.26 Å². The van der Waals surface area contributed by atoms with Gasteiger partial charge in [0.05, 0.1) is 6.61 Å². The van der Waals surface area contributed by atoms with Crippen molar-refractivity contribution in [2.45, 2.75) is 19.8 Å². The van der Waals surface area contributed by atoms with Crippen LogP contribution in [0, 0.1) is 0 Å². The molecule has 1 aromatic rings. The molecule has 0 saturated carbocycles. The molecule has 0 saturated heterocycles. The standard InChI is InChI=1S/C17H16O4/c1-2-19-17(18)16-11-20-14-9-8-13(10-15(14)21-16)12-6-4-3-5-7-12/h3-4,6,8-11H,2,5,7H2,1H3. The molecule has 4 nitrogen and oxygen atoms in total. The van der Waals surface area contributed by atoms with E-state index >= 15 is 0 Å². The van der Waals surface area contributed by atoms with Gasteiger partial charge in [-0.25, -0.2) is 4.79 Å². The molecule has 0 spiro atoms. The molecule has 1 aliphatic carbocycles. The van der Waals surface area contributed by atoms with Gasteiger partial charge >= 0.3 is 5.97 Å². The number of hydrogen-bond acceptors (Lipinski definition) is 4. The van der Waals surface area contributed by atoms with E-state index < -0.39 is 5.97 Å². The van der Waals surface area contributed by atoms with Crippen molar-refractivity contribution in [3.63, 3.8) is 0 Å². The molecule has 1 aliphatic heterocycles. The Morgan fingerprint density at radius 2 is 2.24 bits per heavy atom. The average Bonchev–Trinajstić information content (AvgIpc) is 2.55. The van der Waals surface area contributed by atoms with Gasteiger partial charge in [0.25, 0.3) is 0 Å². The van der Waals surface area contributed by atoms with E-state index in [-0.39, 0.29) is 5.76 Å². The Morgan fingerprint density at radius 3 is 3.00 bits per heavy atom. The lowest BCUT2D eigenvalue weighted by molar-refractivity contribution is -0.141. The zero-order valence-electron chi connectivity index (χ0n) is 11.8. The fourth-order valence-electron chi connectivity index (χ4n) is 2.28. The SMILES string of the molecule is CCOC(=O)C1=COc2ccc(C3=CC=CCC3)cc2O1. The van der Waals surface area contributed by atoms with Crippen molar-refractivity contribution in [3.8, 4) is 11.5 Å². The van der Waals surface area contributed by atoms with Crippen molar-refractivity contribution in [2.24, 2.45) is 0 Å². The minimum atomic E-state index is -0.520. The third-order valence-corrected chi connectivity index (χ3v) is 3.32. The normalized spacial score (nSPS) is 16.0. The monoisotopic (exact) mass is 284 g/mol. The van der Waals surface area contributed by atoms with Crippen molar-refractivity contribution in [1.82, 2.24) is 0 Å². The van der Waals surface area contributed by atoms with Crippen molar-refractivity contribution >= 4 is 11.5 Å². The van der Waals surface area contributed by atoms with Gasteiger partial charge in [-0.05, 0) is 43.0 Å². The lowest BCUT2D eigenvalue weighted by Gasteiger charge is -2.18. The molecule has 0 aromatic heterocycles. The molecule has 0 bridgehead atoms. The Kier molecular flexibility index (Phi) is 3.77. The van der Waals surface area contributed by atoms with Crippen LogP contribution in [0.4, 0.5) is 0 Å². The molecule has 0 radical (unpaired) electrons. The number of ether oxygens (including phenoxy) is 3. The van der Waals surface area contributed by atoms with Crippen LogP contribution in [0.15, 0.2) is 48.4 Å². The summed E-state index contributed by atoms with van der Waals surface area (Å²) in [4.78, 5) is 11.7. The van der Waals surface area contributed by atoms with Gasteiger partial charge in [0, 0.05) is 0 Å². The van der Waals surface area contributed by atoms with E-state index in [0.29, 0.717) is 18.1 Å². The second kappa shape index (κ2) is 5.87. The zero-order valence-corrected chi connectivity index (χ0v) is 11.8.